The Bertz CT molecular complexity index is 995. The van der Waals surface area contributed by atoms with Crippen molar-refractivity contribution >= 4 is 28.2 Å². The number of halogens is 1. The minimum absolute atomic E-state index is 0.144. The molecule has 1 amide bonds. The first-order valence-corrected chi connectivity index (χ1v) is 10.1. The molecule has 152 valence electrons. The lowest BCUT2D eigenvalue weighted by Gasteiger charge is -2.05. The summed E-state index contributed by atoms with van der Waals surface area (Å²) in [7, 11) is 0. The smallest absolute Gasteiger partial charge is 0.341 e. The molecule has 0 fully saturated rings. The number of esters is 1. The van der Waals surface area contributed by atoms with E-state index >= 15 is 0 Å². The van der Waals surface area contributed by atoms with Gasteiger partial charge in [0, 0.05) is 23.3 Å². The standard InChI is InChI=1S/C21H21FN2O4S/c1-3-15-11-16(21(26)27-4-2)20(29-15)24-18(25)9-10-19-23-12-17(28-19)13-5-7-14(22)8-6-13/h5-8,11-12H,3-4,9-10H2,1-2H3,(H,24,25). The predicted octanol–water partition coefficient (Wildman–Crippen LogP) is 4.85. The molecule has 2 aromatic heterocycles. The van der Waals surface area contributed by atoms with Gasteiger partial charge in [-0.3, -0.25) is 4.79 Å². The Balaban J connectivity index is 1.61. The fourth-order valence-electron chi connectivity index (χ4n) is 2.65. The number of carbonyl (C=O) groups excluding carboxylic acids is 2. The van der Waals surface area contributed by atoms with E-state index in [9.17, 15) is 14.0 Å². The van der Waals surface area contributed by atoms with Crippen LogP contribution in [0.4, 0.5) is 9.39 Å². The molecule has 1 aromatic carbocycles. The summed E-state index contributed by atoms with van der Waals surface area (Å²) in [4.78, 5) is 29.6. The van der Waals surface area contributed by atoms with Gasteiger partial charge in [0.15, 0.2) is 11.7 Å². The molecule has 8 heteroatoms. The number of thiophene rings is 1. The maximum atomic E-state index is 13.0. The summed E-state index contributed by atoms with van der Waals surface area (Å²) in [6.45, 7) is 3.98. The summed E-state index contributed by atoms with van der Waals surface area (Å²) < 4.78 is 23.7. The average molecular weight is 416 g/mol. The van der Waals surface area contributed by atoms with E-state index in [-0.39, 0.29) is 24.8 Å². The minimum Gasteiger partial charge on any atom is -0.462 e. The zero-order valence-corrected chi connectivity index (χ0v) is 17.0. The lowest BCUT2D eigenvalue weighted by atomic mass is 10.2. The number of ether oxygens (including phenoxy) is 1. The summed E-state index contributed by atoms with van der Waals surface area (Å²) in [5.41, 5.74) is 1.08. The van der Waals surface area contributed by atoms with Gasteiger partial charge in [-0.1, -0.05) is 6.92 Å². The number of hydrogen-bond donors (Lipinski definition) is 1. The molecule has 3 aromatic rings. The highest BCUT2D eigenvalue weighted by atomic mass is 32.1. The molecule has 0 aliphatic heterocycles. The summed E-state index contributed by atoms with van der Waals surface area (Å²) in [5, 5.41) is 3.28. The minimum atomic E-state index is -0.449. The normalized spacial score (nSPS) is 10.7. The topological polar surface area (TPSA) is 81.4 Å². The molecule has 0 spiro atoms. The maximum Gasteiger partial charge on any atom is 0.341 e. The monoisotopic (exact) mass is 416 g/mol. The number of amides is 1. The van der Waals surface area contributed by atoms with E-state index < -0.39 is 5.97 Å². The third-order valence-electron chi connectivity index (χ3n) is 4.13. The van der Waals surface area contributed by atoms with Gasteiger partial charge in [-0.15, -0.1) is 11.3 Å². The van der Waals surface area contributed by atoms with Gasteiger partial charge in [-0.05, 0) is 43.7 Å². The second kappa shape index (κ2) is 9.47. The van der Waals surface area contributed by atoms with Gasteiger partial charge in [0.25, 0.3) is 0 Å². The zero-order valence-electron chi connectivity index (χ0n) is 16.2. The molecular weight excluding hydrogens is 395 g/mol. The number of benzene rings is 1. The van der Waals surface area contributed by atoms with Crippen molar-refractivity contribution in [3.8, 4) is 11.3 Å². The molecule has 0 atom stereocenters. The lowest BCUT2D eigenvalue weighted by Crippen LogP contribution is -2.14. The van der Waals surface area contributed by atoms with E-state index in [4.69, 9.17) is 9.15 Å². The Morgan fingerprint density at radius 3 is 2.69 bits per heavy atom. The Morgan fingerprint density at radius 2 is 2.00 bits per heavy atom. The van der Waals surface area contributed by atoms with Crippen molar-refractivity contribution in [2.45, 2.75) is 33.1 Å². The predicted molar refractivity (Wildman–Crippen MR) is 109 cm³/mol. The molecule has 0 saturated carbocycles. The van der Waals surface area contributed by atoms with Gasteiger partial charge < -0.3 is 14.5 Å². The van der Waals surface area contributed by atoms with Crippen LogP contribution in [-0.2, 0) is 22.4 Å². The van der Waals surface area contributed by atoms with Gasteiger partial charge in [0.2, 0.25) is 5.91 Å². The summed E-state index contributed by atoms with van der Waals surface area (Å²) in [5.74, 6) is -0.106. The van der Waals surface area contributed by atoms with Crippen LogP contribution in [0.2, 0.25) is 0 Å². The van der Waals surface area contributed by atoms with Crippen molar-refractivity contribution in [1.29, 1.82) is 0 Å². The van der Waals surface area contributed by atoms with Gasteiger partial charge in [0.1, 0.15) is 10.8 Å². The van der Waals surface area contributed by atoms with E-state index in [2.05, 4.69) is 10.3 Å². The fraction of sp³-hybridized carbons (Fsp3) is 0.286. The molecule has 0 aliphatic rings. The highest BCUT2D eigenvalue weighted by Gasteiger charge is 2.19. The van der Waals surface area contributed by atoms with Crippen LogP contribution in [0.15, 0.2) is 40.9 Å². The van der Waals surface area contributed by atoms with E-state index in [1.807, 2.05) is 6.92 Å². The molecule has 1 N–H and O–H groups in total. The molecule has 6 nitrogen and oxygen atoms in total. The Kier molecular flexibility index (Phi) is 6.77. The van der Waals surface area contributed by atoms with Crippen LogP contribution in [0.25, 0.3) is 11.3 Å². The molecule has 29 heavy (non-hydrogen) atoms. The van der Waals surface area contributed by atoms with Gasteiger partial charge in [-0.25, -0.2) is 14.2 Å². The molecule has 0 unspecified atom stereocenters. The summed E-state index contributed by atoms with van der Waals surface area (Å²) >= 11 is 1.36. The Labute approximate surface area is 171 Å². The van der Waals surface area contributed by atoms with Crippen LogP contribution in [0, 0.1) is 5.82 Å². The van der Waals surface area contributed by atoms with Crippen molar-refractivity contribution in [3.63, 3.8) is 0 Å². The summed E-state index contributed by atoms with van der Waals surface area (Å²) in [6, 6.07) is 7.65. The van der Waals surface area contributed by atoms with Crippen molar-refractivity contribution < 1.29 is 23.1 Å². The molecule has 0 bridgehead atoms. The first-order valence-electron chi connectivity index (χ1n) is 9.30. The van der Waals surface area contributed by atoms with Crippen molar-refractivity contribution in [2.75, 3.05) is 11.9 Å². The van der Waals surface area contributed by atoms with Crippen molar-refractivity contribution in [1.82, 2.24) is 4.98 Å². The number of rotatable bonds is 8. The largest absolute Gasteiger partial charge is 0.462 e. The quantitative estimate of drug-likeness (QED) is 0.531. The molecule has 0 aliphatic carbocycles. The SMILES string of the molecule is CCOC(=O)c1cc(CC)sc1NC(=O)CCc1ncc(-c2ccc(F)cc2)o1. The fourth-order valence-corrected chi connectivity index (χ4v) is 3.65. The molecule has 3 rings (SSSR count). The number of carbonyl (C=O) groups is 2. The van der Waals surface area contributed by atoms with Gasteiger partial charge in [0.05, 0.1) is 18.4 Å². The first kappa shape index (κ1) is 20.7. The van der Waals surface area contributed by atoms with Crippen LogP contribution in [0.5, 0.6) is 0 Å². The highest BCUT2D eigenvalue weighted by Crippen LogP contribution is 2.29. The van der Waals surface area contributed by atoms with Crippen LogP contribution in [0.3, 0.4) is 0 Å². The number of nitrogens with one attached hydrogen (secondary N) is 1. The number of hydrogen-bond acceptors (Lipinski definition) is 6. The molecular formula is C21H21FN2O4S. The second-order valence-electron chi connectivity index (χ2n) is 6.20. The summed E-state index contributed by atoms with van der Waals surface area (Å²) in [6.07, 6.45) is 2.75. The van der Waals surface area contributed by atoms with Crippen LogP contribution in [0.1, 0.15) is 41.4 Å². The van der Waals surface area contributed by atoms with Crippen molar-refractivity contribution in [2.24, 2.45) is 0 Å². The first-order chi connectivity index (χ1) is 14.0. The van der Waals surface area contributed by atoms with Crippen LogP contribution < -0.4 is 5.32 Å². The van der Waals surface area contributed by atoms with Crippen LogP contribution >= 0.6 is 11.3 Å². The molecule has 0 saturated heterocycles. The highest BCUT2D eigenvalue weighted by molar-refractivity contribution is 7.16. The average Bonchev–Trinajstić information content (AvgIpc) is 3.34. The van der Waals surface area contributed by atoms with Gasteiger partial charge in [-0.2, -0.15) is 0 Å². The number of aryl methyl sites for hydroxylation is 2. The zero-order chi connectivity index (χ0) is 20.8. The third kappa shape index (κ3) is 5.29. The third-order valence-corrected chi connectivity index (χ3v) is 5.32. The molecule has 0 radical (unpaired) electrons. The number of anilines is 1. The van der Waals surface area contributed by atoms with Crippen molar-refractivity contribution in [3.05, 3.63) is 58.7 Å². The Morgan fingerprint density at radius 1 is 1.24 bits per heavy atom. The number of oxazole rings is 1. The number of aromatic nitrogens is 1. The molecule has 2 heterocycles. The number of nitrogens with zero attached hydrogens (tertiary/aromatic N) is 1. The van der Waals surface area contributed by atoms with E-state index in [0.717, 1.165) is 11.3 Å². The second-order valence-corrected chi connectivity index (χ2v) is 7.34. The van der Waals surface area contributed by atoms with E-state index in [1.165, 1.54) is 23.5 Å². The van der Waals surface area contributed by atoms with Crippen LogP contribution in [-0.4, -0.2) is 23.5 Å². The maximum absolute atomic E-state index is 13.0. The van der Waals surface area contributed by atoms with E-state index in [0.29, 0.717) is 34.2 Å². The van der Waals surface area contributed by atoms with E-state index in [1.54, 1.807) is 31.3 Å². The Hall–Kier alpha value is -3.00. The lowest BCUT2D eigenvalue weighted by molar-refractivity contribution is -0.116. The van der Waals surface area contributed by atoms with Gasteiger partial charge >= 0.3 is 5.97 Å².